The van der Waals surface area contributed by atoms with Crippen molar-refractivity contribution in [2.45, 2.75) is 32.9 Å². The highest BCUT2D eigenvalue weighted by Crippen LogP contribution is 2.22. The van der Waals surface area contributed by atoms with E-state index in [0.717, 1.165) is 36.9 Å². The summed E-state index contributed by atoms with van der Waals surface area (Å²) in [4.78, 5) is 21.4. The van der Waals surface area contributed by atoms with Crippen LogP contribution in [-0.2, 0) is 13.1 Å². The van der Waals surface area contributed by atoms with Crippen molar-refractivity contribution in [1.29, 1.82) is 0 Å². The number of hydrogen-bond donors (Lipinski definition) is 0. The lowest BCUT2D eigenvalue weighted by atomic mass is 9.99. The Balaban J connectivity index is 1.35. The first-order chi connectivity index (χ1) is 15.5. The van der Waals surface area contributed by atoms with Crippen LogP contribution in [0.15, 0.2) is 53.1 Å². The maximum Gasteiger partial charge on any atom is 0.254 e. The molecule has 3 aromatic rings. The second-order valence-electron chi connectivity index (χ2n) is 8.56. The fourth-order valence-corrected chi connectivity index (χ4v) is 3.92. The molecule has 4 rings (SSSR count). The lowest BCUT2D eigenvalue weighted by molar-refractivity contribution is 0.0769. The van der Waals surface area contributed by atoms with E-state index in [1.54, 1.807) is 19.1 Å². The van der Waals surface area contributed by atoms with Crippen LogP contribution in [-0.4, -0.2) is 53.1 Å². The SMILES string of the molecule is COc1cccc(-c2noc(CN(C)C(=O)c3ccc(CN4CCC(C)CC4)cc3)n2)c1. The van der Waals surface area contributed by atoms with Gasteiger partial charge in [0.05, 0.1) is 13.7 Å². The van der Waals surface area contributed by atoms with Gasteiger partial charge in [-0.15, -0.1) is 0 Å². The summed E-state index contributed by atoms with van der Waals surface area (Å²) in [6, 6.07) is 15.4. The molecule has 1 aliphatic heterocycles. The molecule has 168 valence electrons. The van der Waals surface area contributed by atoms with Crippen molar-refractivity contribution in [2.75, 3.05) is 27.2 Å². The van der Waals surface area contributed by atoms with Gasteiger partial charge in [-0.3, -0.25) is 9.69 Å². The molecule has 1 fully saturated rings. The van der Waals surface area contributed by atoms with Crippen molar-refractivity contribution in [1.82, 2.24) is 19.9 Å². The number of rotatable bonds is 7. The average Bonchev–Trinajstić information content (AvgIpc) is 3.29. The van der Waals surface area contributed by atoms with Gasteiger partial charge in [0.2, 0.25) is 11.7 Å². The van der Waals surface area contributed by atoms with Gasteiger partial charge in [-0.1, -0.05) is 36.3 Å². The van der Waals surface area contributed by atoms with Gasteiger partial charge in [0.1, 0.15) is 5.75 Å². The Hall–Kier alpha value is -3.19. The number of carbonyl (C=O) groups excluding carboxylic acids is 1. The van der Waals surface area contributed by atoms with E-state index in [1.165, 1.54) is 18.4 Å². The van der Waals surface area contributed by atoms with E-state index in [-0.39, 0.29) is 12.5 Å². The lowest BCUT2D eigenvalue weighted by Crippen LogP contribution is -2.32. The average molecular weight is 435 g/mol. The summed E-state index contributed by atoms with van der Waals surface area (Å²) < 4.78 is 10.6. The topological polar surface area (TPSA) is 71.7 Å². The third-order valence-electron chi connectivity index (χ3n) is 6.00. The number of likely N-dealkylation sites (tertiary alicyclic amines) is 1. The van der Waals surface area contributed by atoms with Gasteiger partial charge < -0.3 is 14.2 Å². The molecule has 1 aliphatic rings. The summed E-state index contributed by atoms with van der Waals surface area (Å²) >= 11 is 0. The molecule has 2 heterocycles. The summed E-state index contributed by atoms with van der Waals surface area (Å²) in [6.45, 7) is 5.79. The van der Waals surface area contributed by atoms with Crippen molar-refractivity contribution in [3.63, 3.8) is 0 Å². The normalized spacial score (nSPS) is 15.0. The van der Waals surface area contributed by atoms with Gasteiger partial charge in [-0.05, 0) is 61.7 Å². The zero-order valence-corrected chi connectivity index (χ0v) is 19.0. The van der Waals surface area contributed by atoms with Crippen molar-refractivity contribution in [3.8, 4) is 17.1 Å². The molecular weight excluding hydrogens is 404 g/mol. The number of aromatic nitrogens is 2. The van der Waals surface area contributed by atoms with E-state index in [9.17, 15) is 4.79 Å². The maximum absolute atomic E-state index is 12.9. The van der Waals surface area contributed by atoms with Crippen LogP contribution >= 0.6 is 0 Å². The molecule has 0 radical (unpaired) electrons. The number of carbonyl (C=O) groups is 1. The lowest BCUT2D eigenvalue weighted by Gasteiger charge is -2.30. The number of methoxy groups -OCH3 is 1. The Morgan fingerprint density at radius 3 is 2.66 bits per heavy atom. The zero-order valence-electron chi connectivity index (χ0n) is 19.0. The zero-order chi connectivity index (χ0) is 22.5. The molecular formula is C25H30N4O3. The molecule has 0 bridgehead atoms. The number of piperidine rings is 1. The Kier molecular flexibility index (Phi) is 6.85. The molecule has 1 aromatic heterocycles. The molecule has 0 aliphatic carbocycles. The van der Waals surface area contributed by atoms with E-state index in [4.69, 9.17) is 9.26 Å². The third-order valence-corrected chi connectivity index (χ3v) is 6.00. The van der Waals surface area contributed by atoms with Crippen LogP contribution < -0.4 is 4.74 Å². The summed E-state index contributed by atoms with van der Waals surface area (Å²) in [5.74, 6) is 2.32. The van der Waals surface area contributed by atoms with Crippen LogP contribution in [0.4, 0.5) is 0 Å². The predicted molar refractivity (Wildman–Crippen MR) is 122 cm³/mol. The van der Waals surface area contributed by atoms with Crippen LogP contribution in [0.1, 0.15) is 41.6 Å². The van der Waals surface area contributed by atoms with Crippen molar-refractivity contribution >= 4 is 5.91 Å². The van der Waals surface area contributed by atoms with Gasteiger partial charge in [0.15, 0.2) is 0 Å². The smallest absolute Gasteiger partial charge is 0.254 e. The van der Waals surface area contributed by atoms with Gasteiger partial charge >= 0.3 is 0 Å². The highest BCUT2D eigenvalue weighted by Gasteiger charge is 2.18. The van der Waals surface area contributed by atoms with E-state index >= 15 is 0 Å². The molecule has 32 heavy (non-hydrogen) atoms. The van der Waals surface area contributed by atoms with Gasteiger partial charge in [-0.25, -0.2) is 0 Å². The summed E-state index contributed by atoms with van der Waals surface area (Å²) in [5, 5.41) is 4.03. The molecule has 1 saturated heterocycles. The summed E-state index contributed by atoms with van der Waals surface area (Å²) in [6.07, 6.45) is 2.52. The monoisotopic (exact) mass is 434 g/mol. The highest BCUT2D eigenvalue weighted by molar-refractivity contribution is 5.94. The first-order valence-electron chi connectivity index (χ1n) is 11.1. The number of benzene rings is 2. The van der Waals surface area contributed by atoms with Crippen molar-refractivity contribution in [3.05, 3.63) is 65.5 Å². The fourth-order valence-electron chi connectivity index (χ4n) is 3.92. The van der Waals surface area contributed by atoms with E-state index in [1.807, 2.05) is 48.5 Å². The Labute approximate surface area is 189 Å². The van der Waals surface area contributed by atoms with Gasteiger partial charge in [0, 0.05) is 24.7 Å². The Bertz CT molecular complexity index is 1040. The first kappa shape index (κ1) is 22.0. The fraction of sp³-hybridized carbons (Fsp3) is 0.400. The molecule has 7 nitrogen and oxygen atoms in total. The van der Waals surface area contributed by atoms with E-state index in [0.29, 0.717) is 17.3 Å². The Morgan fingerprint density at radius 2 is 1.94 bits per heavy atom. The number of ether oxygens (including phenoxy) is 1. The van der Waals surface area contributed by atoms with Crippen LogP contribution in [0.2, 0.25) is 0 Å². The maximum atomic E-state index is 12.9. The first-order valence-corrected chi connectivity index (χ1v) is 11.1. The van der Waals surface area contributed by atoms with Crippen molar-refractivity contribution in [2.24, 2.45) is 5.92 Å². The number of hydrogen-bond acceptors (Lipinski definition) is 6. The quantitative estimate of drug-likeness (QED) is 0.554. The number of amides is 1. The minimum absolute atomic E-state index is 0.0792. The van der Waals surface area contributed by atoms with Crippen LogP contribution in [0.3, 0.4) is 0 Å². The molecule has 0 unspecified atom stereocenters. The molecule has 1 amide bonds. The largest absolute Gasteiger partial charge is 0.497 e. The second kappa shape index (κ2) is 9.96. The molecule has 2 aromatic carbocycles. The minimum Gasteiger partial charge on any atom is -0.497 e. The standard InChI is InChI=1S/C25H30N4O3/c1-18-11-13-29(14-12-18)16-19-7-9-20(10-8-19)25(30)28(2)17-23-26-24(27-32-23)21-5-4-6-22(15-21)31-3/h4-10,15,18H,11-14,16-17H2,1-3H3. The Morgan fingerprint density at radius 1 is 1.19 bits per heavy atom. The molecule has 0 N–H and O–H groups in total. The van der Waals surface area contributed by atoms with Gasteiger partial charge in [-0.2, -0.15) is 4.98 Å². The van der Waals surface area contributed by atoms with Crippen LogP contribution in [0, 0.1) is 5.92 Å². The second-order valence-corrected chi connectivity index (χ2v) is 8.56. The molecule has 0 atom stereocenters. The van der Waals surface area contributed by atoms with Crippen molar-refractivity contribution < 1.29 is 14.1 Å². The molecule has 0 saturated carbocycles. The van der Waals surface area contributed by atoms with Crippen LogP contribution in [0.5, 0.6) is 5.75 Å². The summed E-state index contributed by atoms with van der Waals surface area (Å²) in [7, 11) is 3.35. The predicted octanol–water partition coefficient (Wildman–Crippen LogP) is 4.25. The minimum atomic E-state index is -0.0792. The summed E-state index contributed by atoms with van der Waals surface area (Å²) in [5.41, 5.74) is 2.68. The van der Waals surface area contributed by atoms with E-state index in [2.05, 4.69) is 22.0 Å². The third kappa shape index (κ3) is 5.34. The number of nitrogens with zero attached hydrogens (tertiary/aromatic N) is 4. The van der Waals surface area contributed by atoms with E-state index < -0.39 is 0 Å². The van der Waals surface area contributed by atoms with Crippen LogP contribution in [0.25, 0.3) is 11.4 Å². The molecule has 0 spiro atoms. The molecule has 7 heteroatoms. The van der Waals surface area contributed by atoms with Gasteiger partial charge in [0.25, 0.3) is 5.91 Å². The highest BCUT2D eigenvalue weighted by atomic mass is 16.5.